The Morgan fingerprint density at radius 1 is 1.41 bits per heavy atom. The minimum absolute atomic E-state index is 0.326. The molecule has 1 N–H and O–H groups in total. The van der Waals surface area contributed by atoms with E-state index in [9.17, 15) is 4.79 Å². The van der Waals surface area contributed by atoms with Crippen LogP contribution in [-0.4, -0.2) is 11.1 Å². The third-order valence-corrected chi connectivity index (χ3v) is 2.72. The first-order valence-corrected chi connectivity index (χ1v) is 5.51. The van der Waals surface area contributed by atoms with Gasteiger partial charge in [-0.3, -0.25) is 4.79 Å². The third-order valence-electron chi connectivity index (χ3n) is 2.17. The number of nitrogens with one attached hydrogen (secondary N) is 1. The summed E-state index contributed by atoms with van der Waals surface area (Å²) in [5, 5.41) is 7.07. The summed E-state index contributed by atoms with van der Waals surface area (Å²) < 4.78 is 4.81. The highest BCUT2D eigenvalue weighted by Gasteiger charge is 2.14. The van der Waals surface area contributed by atoms with Crippen molar-refractivity contribution in [1.29, 1.82) is 0 Å². The van der Waals surface area contributed by atoms with E-state index in [1.165, 1.54) is 6.20 Å². The number of hydrogen-bond donors (Lipinski definition) is 1. The summed E-state index contributed by atoms with van der Waals surface area (Å²) >= 11 is 11.7. The molecule has 17 heavy (non-hydrogen) atoms. The van der Waals surface area contributed by atoms with Crippen molar-refractivity contribution in [2.75, 3.05) is 5.32 Å². The second-order valence-corrected chi connectivity index (χ2v) is 4.22. The van der Waals surface area contributed by atoms with Crippen molar-refractivity contribution in [2.45, 2.75) is 6.92 Å². The van der Waals surface area contributed by atoms with Crippen LogP contribution in [-0.2, 0) is 0 Å². The van der Waals surface area contributed by atoms with Gasteiger partial charge in [-0.05, 0) is 25.1 Å². The summed E-state index contributed by atoms with van der Waals surface area (Å²) in [6.07, 6.45) is 1.36. The fourth-order valence-corrected chi connectivity index (χ4v) is 1.75. The summed E-state index contributed by atoms with van der Waals surface area (Å²) in [5.74, 6) is 0.126. The number of anilines is 1. The summed E-state index contributed by atoms with van der Waals surface area (Å²) in [6, 6.07) is 4.83. The van der Waals surface area contributed by atoms with Crippen LogP contribution in [0.3, 0.4) is 0 Å². The predicted octanol–water partition coefficient (Wildman–Crippen LogP) is 3.54. The highest BCUT2D eigenvalue weighted by molar-refractivity contribution is 6.36. The van der Waals surface area contributed by atoms with E-state index in [2.05, 4.69) is 10.5 Å². The molecule has 0 radical (unpaired) electrons. The normalized spacial score (nSPS) is 10.3. The maximum absolute atomic E-state index is 11.8. The Labute approximate surface area is 108 Å². The Kier molecular flexibility index (Phi) is 3.36. The van der Waals surface area contributed by atoms with E-state index >= 15 is 0 Å². The average Bonchev–Trinajstić information content (AvgIpc) is 2.68. The van der Waals surface area contributed by atoms with Gasteiger partial charge in [-0.15, -0.1) is 0 Å². The van der Waals surface area contributed by atoms with Crippen LogP contribution in [0.4, 0.5) is 5.69 Å². The first-order valence-electron chi connectivity index (χ1n) is 4.75. The molecule has 0 aliphatic heterocycles. The zero-order valence-corrected chi connectivity index (χ0v) is 10.3. The van der Waals surface area contributed by atoms with Crippen molar-refractivity contribution < 1.29 is 9.32 Å². The van der Waals surface area contributed by atoms with Crippen molar-refractivity contribution in [2.24, 2.45) is 0 Å². The van der Waals surface area contributed by atoms with Gasteiger partial charge in [-0.1, -0.05) is 28.4 Å². The summed E-state index contributed by atoms with van der Waals surface area (Å²) in [4.78, 5) is 11.8. The Morgan fingerprint density at radius 3 is 2.76 bits per heavy atom. The monoisotopic (exact) mass is 270 g/mol. The maximum Gasteiger partial charge on any atom is 0.260 e. The lowest BCUT2D eigenvalue weighted by molar-refractivity contribution is 0.102. The lowest BCUT2D eigenvalue weighted by Crippen LogP contribution is -2.12. The average molecular weight is 271 g/mol. The Morgan fingerprint density at radius 2 is 2.18 bits per heavy atom. The van der Waals surface area contributed by atoms with Crippen LogP contribution >= 0.6 is 23.2 Å². The Bertz CT molecular complexity index is 566. The first kappa shape index (κ1) is 12.0. The smallest absolute Gasteiger partial charge is 0.260 e. The van der Waals surface area contributed by atoms with Gasteiger partial charge in [-0.2, -0.15) is 0 Å². The second kappa shape index (κ2) is 4.77. The molecule has 1 aromatic carbocycles. The molecule has 2 rings (SSSR count). The van der Waals surface area contributed by atoms with Crippen molar-refractivity contribution >= 4 is 34.8 Å². The molecule has 0 saturated carbocycles. The lowest BCUT2D eigenvalue weighted by Gasteiger charge is -2.06. The van der Waals surface area contributed by atoms with Gasteiger partial charge in [-0.25, -0.2) is 0 Å². The topological polar surface area (TPSA) is 55.1 Å². The number of amides is 1. The van der Waals surface area contributed by atoms with Crippen molar-refractivity contribution in [3.05, 3.63) is 45.8 Å². The molecule has 88 valence electrons. The van der Waals surface area contributed by atoms with Gasteiger partial charge in [0, 0.05) is 5.02 Å². The number of carbonyl (C=O) groups excluding carboxylic acids is 1. The van der Waals surface area contributed by atoms with Gasteiger partial charge >= 0.3 is 0 Å². The van der Waals surface area contributed by atoms with E-state index in [0.29, 0.717) is 27.1 Å². The number of carbonyl (C=O) groups is 1. The maximum atomic E-state index is 11.8. The number of rotatable bonds is 2. The highest BCUT2D eigenvalue weighted by Crippen LogP contribution is 2.25. The van der Waals surface area contributed by atoms with E-state index in [-0.39, 0.29) is 5.91 Å². The molecule has 4 nitrogen and oxygen atoms in total. The minimum atomic E-state index is -0.326. The molecule has 1 amide bonds. The summed E-state index contributed by atoms with van der Waals surface area (Å²) in [7, 11) is 0. The second-order valence-electron chi connectivity index (χ2n) is 3.37. The zero-order valence-electron chi connectivity index (χ0n) is 8.83. The number of nitrogens with zero attached hydrogens (tertiary/aromatic N) is 1. The van der Waals surface area contributed by atoms with Crippen LogP contribution in [0.25, 0.3) is 0 Å². The first-order chi connectivity index (χ1) is 8.08. The minimum Gasteiger partial charge on any atom is -0.361 e. The molecule has 1 heterocycles. The molecule has 6 heteroatoms. The van der Waals surface area contributed by atoms with Crippen LogP contribution in [0.1, 0.15) is 16.1 Å². The largest absolute Gasteiger partial charge is 0.361 e. The van der Waals surface area contributed by atoms with E-state index in [1.54, 1.807) is 25.1 Å². The fourth-order valence-electron chi connectivity index (χ4n) is 1.30. The zero-order chi connectivity index (χ0) is 12.4. The Balaban J connectivity index is 2.22. The highest BCUT2D eigenvalue weighted by atomic mass is 35.5. The van der Waals surface area contributed by atoms with Crippen molar-refractivity contribution in [3.63, 3.8) is 0 Å². The predicted molar refractivity (Wildman–Crippen MR) is 65.7 cm³/mol. The summed E-state index contributed by atoms with van der Waals surface area (Å²) in [6.45, 7) is 1.66. The van der Waals surface area contributed by atoms with Crippen LogP contribution in [0, 0.1) is 6.92 Å². The molecule has 0 aliphatic carbocycles. The molecule has 0 spiro atoms. The molecule has 0 aliphatic rings. The van der Waals surface area contributed by atoms with E-state index in [4.69, 9.17) is 27.7 Å². The third kappa shape index (κ3) is 2.60. The molecule has 0 atom stereocenters. The molecule has 0 saturated heterocycles. The van der Waals surface area contributed by atoms with Crippen molar-refractivity contribution in [3.8, 4) is 0 Å². The van der Waals surface area contributed by atoms with Crippen LogP contribution in [0.5, 0.6) is 0 Å². The standard InChI is InChI=1S/C11H8Cl2N2O2/c1-6-8(5-14-17-6)11(16)15-10-3-2-7(12)4-9(10)13/h2-5H,1H3,(H,15,16). The molecule has 2 aromatic rings. The van der Waals surface area contributed by atoms with Crippen molar-refractivity contribution in [1.82, 2.24) is 5.16 Å². The lowest BCUT2D eigenvalue weighted by atomic mass is 10.2. The van der Waals surface area contributed by atoms with E-state index in [0.717, 1.165) is 0 Å². The fraction of sp³-hybridized carbons (Fsp3) is 0.0909. The van der Waals surface area contributed by atoms with Crippen LogP contribution < -0.4 is 5.32 Å². The Hall–Kier alpha value is -1.52. The molecule has 0 bridgehead atoms. The van der Waals surface area contributed by atoms with Gasteiger partial charge in [0.2, 0.25) is 0 Å². The molecule has 0 fully saturated rings. The molecular formula is C11H8Cl2N2O2. The number of aryl methyl sites for hydroxylation is 1. The SMILES string of the molecule is Cc1oncc1C(=O)Nc1ccc(Cl)cc1Cl. The summed E-state index contributed by atoms with van der Waals surface area (Å²) in [5.41, 5.74) is 0.859. The van der Waals surface area contributed by atoms with Crippen LogP contribution in [0.2, 0.25) is 10.0 Å². The van der Waals surface area contributed by atoms with E-state index in [1.807, 2.05) is 0 Å². The van der Waals surface area contributed by atoms with Gasteiger partial charge < -0.3 is 9.84 Å². The number of halogens is 2. The van der Waals surface area contributed by atoms with Gasteiger partial charge in [0.15, 0.2) is 0 Å². The van der Waals surface area contributed by atoms with Crippen LogP contribution in [0.15, 0.2) is 28.9 Å². The van der Waals surface area contributed by atoms with E-state index < -0.39 is 0 Å². The van der Waals surface area contributed by atoms with Gasteiger partial charge in [0.1, 0.15) is 11.3 Å². The number of benzene rings is 1. The van der Waals surface area contributed by atoms with Gasteiger partial charge in [0.05, 0.1) is 16.9 Å². The quantitative estimate of drug-likeness (QED) is 0.908. The molecule has 0 unspecified atom stereocenters. The number of aromatic nitrogens is 1. The van der Waals surface area contributed by atoms with Gasteiger partial charge in [0.25, 0.3) is 5.91 Å². The molecule has 1 aromatic heterocycles. The number of hydrogen-bond acceptors (Lipinski definition) is 3. The molecular weight excluding hydrogens is 263 g/mol.